The van der Waals surface area contributed by atoms with Crippen LogP contribution in [0, 0.1) is 0 Å². The number of ether oxygens (including phenoxy) is 2. The minimum atomic E-state index is -0.539. The Bertz CT molecular complexity index is 4400. The Morgan fingerprint density at radius 1 is 0.438 bits per heavy atom. The molecule has 0 saturated carbocycles. The number of nitrogens with one attached hydrogen (secondary N) is 4. The summed E-state index contributed by atoms with van der Waals surface area (Å²) in [5.74, 6) is -0.353. The number of amides is 5. The molecule has 494 valence electrons. The first-order valence-corrected chi connectivity index (χ1v) is 31.4. The molecule has 0 atom stereocenters. The molecular formula is C66H71ClN22O7. The van der Waals surface area contributed by atoms with Crippen LogP contribution in [0.2, 0.25) is 5.28 Å². The zero-order valence-electron chi connectivity index (χ0n) is 53.7. The van der Waals surface area contributed by atoms with E-state index in [0.29, 0.717) is 81.3 Å². The number of hydrogen-bond acceptors (Lipinski definition) is 22. The Balaban J connectivity index is 0.000000148. The Labute approximate surface area is 557 Å². The third-order valence-electron chi connectivity index (χ3n) is 15.1. The molecule has 13 rings (SSSR count). The topological polar surface area (TPSA) is 320 Å². The standard InChI is InChI=1S/C26H28N8O3.C21H20N8O.C19H23ClN6O3/c1-26(2,3)37-25(36)33-14-12-32(13-15-33)21-9-10-27-16-20(21)30-23(35)19-8-11-28-24(31-19)34-17-29-18-6-4-5-7-22(18)34;30-20(26-17-13-23-7-6-18(17)28-11-9-22-10-12-28)16-5-8-24-21(27-16)29-14-25-15-3-1-2-4-19(15)29;1-19(2,3)29-18(28)26-10-8-25(9-11-26)15-5-6-21-12-14(15)23-16(27)13-4-7-22-17(20)24-13/h4-11,16-17H,12-15H2,1-3H3,(H,30,35);1-8,13-14,22H,9-12H2,(H,26,30);4-7,12H,8-11H2,1-3H3,(H,23,27). The maximum absolute atomic E-state index is 13.2. The third kappa shape index (κ3) is 16.7. The molecule has 8 aromatic heterocycles. The fraction of sp³-hybridized carbons (Fsp3) is 0.303. The molecular weight excluding hydrogens is 1250 g/mol. The molecule has 4 N–H and O–H groups in total. The van der Waals surface area contributed by atoms with E-state index in [0.717, 1.165) is 65.3 Å². The van der Waals surface area contributed by atoms with Crippen LogP contribution < -0.4 is 36.0 Å². The highest BCUT2D eigenvalue weighted by atomic mass is 35.5. The van der Waals surface area contributed by atoms with E-state index < -0.39 is 17.1 Å². The highest BCUT2D eigenvalue weighted by molar-refractivity contribution is 6.28. The van der Waals surface area contributed by atoms with Gasteiger partial charge in [-0.3, -0.25) is 38.5 Å². The SMILES string of the molecule is CC(C)(C)OC(=O)N1CCN(c2ccncc2NC(=O)c2ccnc(-n3cnc4ccccc43)n2)CC1.CC(C)(C)OC(=O)N1CCN(c2ccncc2NC(=O)c2ccnc(Cl)n2)CC1.O=C(Nc1cnccc1N1CCNCC1)c1ccnc(-n2cnc3ccccc32)n1. The number of carbonyl (C=O) groups is 5. The van der Waals surface area contributed by atoms with Gasteiger partial charge >= 0.3 is 12.2 Å². The minimum absolute atomic E-state index is 0.00215. The number of rotatable bonds is 11. The number of fused-ring (bicyclic) bond motifs is 2. The van der Waals surface area contributed by atoms with Gasteiger partial charge in [0.1, 0.15) is 40.9 Å². The molecule has 0 aliphatic carbocycles. The first kappa shape index (κ1) is 66.1. The molecule has 3 fully saturated rings. The van der Waals surface area contributed by atoms with Crippen molar-refractivity contribution < 1.29 is 33.4 Å². The quantitative estimate of drug-likeness (QED) is 0.0886. The van der Waals surface area contributed by atoms with E-state index in [1.165, 1.54) is 12.3 Å². The molecule has 29 nitrogen and oxygen atoms in total. The largest absolute Gasteiger partial charge is 0.444 e. The van der Waals surface area contributed by atoms with Gasteiger partial charge in [0.25, 0.3) is 17.7 Å². The lowest BCUT2D eigenvalue weighted by Crippen LogP contribution is -2.50. The molecule has 5 amide bonds. The molecule has 0 radical (unpaired) electrons. The van der Waals surface area contributed by atoms with Gasteiger partial charge in [0.2, 0.25) is 17.2 Å². The first-order valence-electron chi connectivity index (χ1n) is 31.0. The molecule has 3 aliphatic heterocycles. The number of nitrogens with zero attached hydrogens (tertiary/aromatic N) is 18. The zero-order valence-corrected chi connectivity index (χ0v) is 54.5. The average Bonchev–Trinajstić information content (AvgIpc) is 1.96. The summed E-state index contributed by atoms with van der Waals surface area (Å²) in [6.45, 7) is 19.1. The molecule has 0 bridgehead atoms. The molecule has 30 heteroatoms. The van der Waals surface area contributed by atoms with Crippen LogP contribution in [-0.4, -0.2) is 193 Å². The Hall–Kier alpha value is -11.3. The van der Waals surface area contributed by atoms with Gasteiger partial charge in [-0.1, -0.05) is 24.3 Å². The number of halogens is 1. The molecule has 3 aliphatic rings. The monoisotopic (exact) mass is 1320 g/mol. The van der Waals surface area contributed by atoms with E-state index in [2.05, 4.69) is 90.8 Å². The first-order chi connectivity index (χ1) is 46.3. The fourth-order valence-corrected chi connectivity index (χ4v) is 10.7. The lowest BCUT2D eigenvalue weighted by molar-refractivity contribution is 0.0230. The number of piperazine rings is 3. The van der Waals surface area contributed by atoms with Gasteiger partial charge in [0.15, 0.2) is 0 Å². The molecule has 0 spiro atoms. The normalized spacial score (nSPS) is 14.2. The molecule has 3 saturated heterocycles. The van der Waals surface area contributed by atoms with Crippen LogP contribution in [0.5, 0.6) is 0 Å². The van der Waals surface area contributed by atoms with Crippen molar-refractivity contribution in [1.29, 1.82) is 0 Å². The van der Waals surface area contributed by atoms with Gasteiger partial charge in [-0.15, -0.1) is 0 Å². The van der Waals surface area contributed by atoms with Crippen LogP contribution in [0.4, 0.5) is 43.7 Å². The van der Waals surface area contributed by atoms with E-state index in [1.54, 1.807) is 93.3 Å². The van der Waals surface area contributed by atoms with Crippen molar-refractivity contribution in [2.75, 3.05) is 109 Å². The van der Waals surface area contributed by atoms with Gasteiger partial charge < -0.3 is 55.2 Å². The second kappa shape index (κ2) is 29.7. The number of para-hydroxylation sites is 4. The van der Waals surface area contributed by atoms with Crippen molar-refractivity contribution in [3.05, 3.63) is 176 Å². The van der Waals surface area contributed by atoms with Crippen molar-refractivity contribution in [2.24, 2.45) is 0 Å². The average molecular weight is 1320 g/mol. The number of imidazole rings is 2. The van der Waals surface area contributed by atoms with E-state index in [-0.39, 0.29) is 46.4 Å². The predicted octanol–water partition coefficient (Wildman–Crippen LogP) is 8.23. The van der Waals surface area contributed by atoms with E-state index >= 15 is 0 Å². The Morgan fingerprint density at radius 2 is 0.802 bits per heavy atom. The van der Waals surface area contributed by atoms with Crippen molar-refractivity contribution in [1.82, 2.24) is 79.1 Å². The number of benzene rings is 2. The van der Waals surface area contributed by atoms with Gasteiger partial charge in [0, 0.05) is 116 Å². The van der Waals surface area contributed by atoms with Gasteiger partial charge in [-0.2, -0.15) is 0 Å². The lowest BCUT2D eigenvalue weighted by Gasteiger charge is -2.37. The van der Waals surface area contributed by atoms with Gasteiger partial charge in [-0.05, 0) is 114 Å². The second-order valence-corrected chi connectivity index (χ2v) is 24.4. The third-order valence-corrected chi connectivity index (χ3v) is 15.3. The Kier molecular flexibility index (Phi) is 20.5. The van der Waals surface area contributed by atoms with Crippen molar-refractivity contribution in [3.63, 3.8) is 0 Å². The van der Waals surface area contributed by atoms with Crippen molar-refractivity contribution in [3.8, 4) is 11.9 Å². The summed E-state index contributed by atoms with van der Waals surface area (Å²) in [6, 6.07) is 25.6. The van der Waals surface area contributed by atoms with Crippen LogP contribution >= 0.6 is 11.6 Å². The van der Waals surface area contributed by atoms with Crippen LogP contribution in [0.15, 0.2) is 153 Å². The summed E-state index contributed by atoms with van der Waals surface area (Å²) in [6.07, 6.45) is 17.1. The number of hydrogen-bond donors (Lipinski definition) is 4. The van der Waals surface area contributed by atoms with Crippen molar-refractivity contribution >= 4 is 97.7 Å². The fourth-order valence-electron chi connectivity index (χ4n) is 10.5. The highest BCUT2D eigenvalue weighted by Crippen LogP contribution is 2.30. The lowest BCUT2D eigenvalue weighted by atomic mass is 10.2. The van der Waals surface area contributed by atoms with E-state index in [1.807, 2.05) is 108 Å². The Morgan fingerprint density at radius 3 is 1.19 bits per heavy atom. The second-order valence-electron chi connectivity index (χ2n) is 24.1. The van der Waals surface area contributed by atoms with Crippen LogP contribution in [0.25, 0.3) is 34.0 Å². The molecule has 10 aromatic rings. The maximum Gasteiger partial charge on any atom is 0.410 e. The molecule has 2 aromatic carbocycles. The molecule has 11 heterocycles. The van der Waals surface area contributed by atoms with Crippen LogP contribution in [-0.2, 0) is 9.47 Å². The van der Waals surface area contributed by atoms with E-state index in [9.17, 15) is 24.0 Å². The number of pyridine rings is 3. The van der Waals surface area contributed by atoms with Gasteiger partial charge in [-0.25, -0.2) is 49.5 Å². The summed E-state index contributed by atoms with van der Waals surface area (Å²) in [4.78, 5) is 120. The summed E-state index contributed by atoms with van der Waals surface area (Å²) >= 11 is 5.76. The number of carbonyl (C=O) groups excluding carboxylic acids is 5. The number of aromatic nitrogens is 13. The van der Waals surface area contributed by atoms with E-state index in [4.69, 9.17) is 21.1 Å². The predicted molar refractivity (Wildman–Crippen MR) is 362 cm³/mol. The maximum atomic E-state index is 13.2. The summed E-state index contributed by atoms with van der Waals surface area (Å²) in [5, 5.41) is 12.0. The van der Waals surface area contributed by atoms with Gasteiger partial charge in [0.05, 0.1) is 74.8 Å². The zero-order chi connectivity index (χ0) is 67.3. The smallest absolute Gasteiger partial charge is 0.410 e. The van der Waals surface area contributed by atoms with Crippen LogP contribution in [0.3, 0.4) is 0 Å². The summed E-state index contributed by atoms with van der Waals surface area (Å²) < 4.78 is 14.4. The molecule has 96 heavy (non-hydrogen) atoms. The van der Waals surface area contributed by atoms with Crippen LogP contribution in [0.1, 0.15) is 73.0 Å². The summed E-state index contributed by atoms with van der Waals surface area (Å²) in [5.41, 5.74) is 7.33. The summed E-state index contributed by atoms with van der Waals surface area (Å²) in [7, 11) is 0. The van der Waals surface area contributed by atoms with Crippen molar-refractivity contribution in [2.45, 2.75) is 52.7 Å². The molecule has 0 unspecified atom stereocenters. The highest BCUT2D eigenvalue weighted by Gasteiger charge is 2.30. The number of anilines is 6. The minimum Gasteiger partial charge on any atom is -0.444 e.